The molecule has 0 aliphatic carbocycles. The number of rotatable bonds is 3. The Labute approximate surface area is 80.9 Å². The van der Waals surface area contributed by atoms with Crippen molar-refractivity contribution >= 4 is 5.78 Å². The summed E-state index contributed by atoms with van der Waals surface area (Å²) < 4.78 is 26.3. The lowest BCUT2D eigenvalue weighted by molar-refractivity contribution is 0.0988. The Balaban J connectivity index is 3.11. The third-order valence-corrected chi connectivity index (χ3v) is 1.91. The van der Waals surface area contributed by atoms with Gasteiger partial charge in [-0.25, -0.2) is 8.78 Å². The van der Waals surface area contributed by atoms with E-state index in [9.17, 15) is 13.6 Å². The summed E-state index contributed by atoms with van der Waals surface area (Å²) in [6.45, 7) is 1.45. The van der Waals surface area contributed by atoms with Crippen LogP contribution in [0.3, 0.4) is 0 Å². The Morgan fingerprint density at radius 1 is 1.36 bits per heavy atom. The van der Waals surface area contributed by atoms with Crippen molar-refractivity contribution in [2.45, 2.75) is 6.92 Å². The second kappa shape index (κ2) is 4.28. The van der Waals surface area contributed by atoms with Crippen molar-refractivity contribution in [3.8, 4) is 0 Å². The van der Waals surface area contributed by atoms with Crippen LogP contribution in [-0.2, 0) is 0 Å². The molecule has 0 amide bonds. The monoisotopic (exact) mass is 199 g/mol. The Morgan fingerprint density at radius 3 is 2.57 bits per heavy atom. The van der Waals surface area contributed by atoms with Gasteiger partial charge in [-0.1, -0.05) is 6.07 Å². The van der Waals surface area contributed by atoms with E-state index in [-0.39, 0.29) is 17.7 Å². The standard InChI is InChI=1S/C10H11F2NO/c1-6-3-4-7(8(14)5-13-2)10(12)9(6)11/h3-4,13H,5H2,1-2H3. The number of ketones is 1. The van der Waals surface area contributed by atoms with Crippen molar-refractivity contribution in [3.63, 3.8) is 0 Å². The Hall–Kier alpha value is -1.29. The zero-order valence-corrected chi connectivity index (χ0v) is 8.03. The first-order valence-corrected chi connectivity index (χ1v) is 4.20. The van der Waals surface area contributed by atoms with Crippen LogP contribution in [0.5, 0.6) is 0 Å². The highest BCUT2D eigenvalue weighted by molar-refractivity contribution is 5.97. The number of hydrogen-bond acceptors (Lipinski definition) is 2. The van der Waals surface area contributed by atoms with E-state index in [1.807, 2.05) is 0 Å². The third kappa shape index (κ3) is 1.96. The lowest BCUT2D eigenvalue weighted by Crippen LogP contribution is -2.20. The highest BCUT2D eigenvalue weighted by Crippen LogP contribution is 2.15. The summed E-state index contributed by atoms with van der Waals surface area (Å²) in [5.74, 6) is -2.47. The summed E-state index contributed by atoms with van der Waals surface area (Å²) in [6.07, 6.45) is 0. The minimum absolute atomic E-state index is 0.000574. The topological polar surface area (TPSA) is 29.1 Å². The number of Topliss-reactive ketones (excluding diaryl/α,β-unsaturated/α-hetero) is 1. The molecular formula is C10H11F2NO. The van der Waals surface area contributed by atoms with Gasteiger partial charge in [-0.3, -0.25) is 4.79 Å². The molecule has 0 saturated heterocycles. The van der Waals surface area contributed by atoms with Gasteiger partial charge in [-0.05, 0) is 25.6 Å². The van der Waals surface area contributed by atoms with Gasteiger partial charge in [-0.15, -0.1) is 0 Å². The molecule has 14 heavy (non-hydrogen) atoms. The fourth-order valence-electron chi connectivity index (χ4n) is 1.12. The second-order valence-corrected chi connectivity index (χ2v) is 3.01. The van der Waals surface area contributed by atoms with Gasteiger partial charge in [0, 0.05) is 0 Å². The fourth-order valence-corrected chi connectivity index (χ4v) is 1.12. The van der Waals surface area contributed by atoms with Gasteiger partial charge in [0.05, 0.1) is 12.1 Å². The maximum absolute atomic E-state index is 13.2. The van der Waals surface area contributed by atoms with E-state index in [2.05, 4.69) is 5.32 Å². The lowest BCUT2D eigenvalue weighted by Gasteiger charge is -2.04. The molecule has 0 spiro atoms. The SMILES string of the molecule is CNCC(=O)c1ccc(C)c(F)c1F. The smallest absolute Gasteiger partial charge is 0.179 e. The molecule has 0 aliphatic heterocycles. The van der Waals surface area contributed by atoms with Gasteiger partial charge in [0.25, 0.3) is 0 Å². The normalized spacial score (nSPS) is 10.3. The number of halogens is 2. The van der Waals surface area contributed by atoms with Crippen molar-refractivity contribution in [1.29, 1.82) is 0 Å². The molecule has 1 N–H and O–H groups in total. The molecule has 0 aromatic heterocycles. The molecular weight excluding hydrogens is 188 g/mol. The van der Waals surface area contributed by atoms with E-state index in [1.165, 1.54) is 19.1 Å². The van der Waals surface area contributed by atoms with Crippen LogP contribution in [0.1, 0.15) is 15.9 Å². The third-order valence-electron chi connectivity index (χ3n) is 1.91. The second-order valence-electron chi connectivity index (χ2n) is 3.01. The number of carbonyl (C=O) groups excluding carboxylic acids is 1. The number of carbonyl (C=O) groups is 1. The molecule has 0 bridgehead atoms. The van der Waals surface area contributed by atoms with Crippen LogP contribution in [0.2, 0.25) is 0 Å². The highest BCUT2D eigenvalue weighted by Gasteiger charge is 2.15. The van der Waals surface area contributed by atoms with Gasteiger partial charge >= 0.3 is 0 Å². The summed E-state index contributed by atoms with van der Waals surface area (Å²) in [6, 6.07) is 2.69. The van der Waals surface area contributed by atoms with Crippen LogP contribution in [0.4, 0.5) is 8.78 Å². The van der Waals surface area contributed by atoms with Gasteiger partial charge in [-0.2, -0.15) is 0 Å². The fraction of sp³-hybridized carbons (Fsp3) is 0.300. The molecule has 76 valence electrons. The molecule has 0 unspecified atom stereocenters. The van der Waals surface area contributed by atoms with Crippen LogP contribution in [0.15, 0.2) is 12.1 Å². The predicted molar refractivity (Wildman–Crippen MR) is 49.4 cm³/mol. The molecule has 1 aromatic rings. The molecule has 0 saturated carbocycles. The van der Waals surface area contributed by atoms with Gasteiger partial charge in [0.1, 0.15) is 0 Å². The van der Waals surface area contributed by atoms with Gasteiger partial charge in [0.15, 0.2) is 17.4 Å². The van der Waals surface area contributed by atoms with Gasteiger partial charge < -0.3 is 5.32 Å². The maximum atomic E-state index is 13.2. The van der Waals surface area contributed by atoms with Crippen molar-refractivity contribution in [2.24, 2.45) is 0 Å². The molecule has 0 heterocycles. The van der Waals surface area contributed by atoms with Gasteiger partial charge in [0.2, 0.25) is 0 Å². The van der Waals surface area contributed by atoms with Crippen LogP contribution in [0, 0.1) is 18.6 Å². The molecule has 0 aliphatic rings. The number of likely N-dealkylation sites (N-methyl/N-ethyl adjacent to an activating group) is 1. The minimum atomic E-state index is -1.06. The van der Waals surface area contributed by atoms with E-state index >= 15 is 0 Å². The quantitative estimate of drug-likeness (QED) is 0.750. The molecule has 4 heteroatoms. The minimum Gasteiger partial charge on any atom is -0.313 e. The summed E-state index contributed by atoms with van der Waals surface area (Å²) in [7, 11) is 1.57. The predicted octanol–water partition coefficient (Wildman–Crippen LogP) is 1.68. The van der Waals surface area contributed by atoms with Crippen molar-refractivity contribution in [2.75, 3.05) is 13.6 Å². The zero-order chi connectivity index (χ0) is 10.7. The number of aryl methyl sites for hydroxylation is 1. The average Bonchev–Trinajstić information content (AvgIpc) is 2.15. The Bertz CT molecular complexity index is 363. The largest absolute Gasteiger partial charge is 0.313 e. The summed E-state index contributed by atoms with van der Waals surface area (Å²) in [5.41, 5.74) is -0.00837. The van der Waals surface area contributed by atoms with Crippen LogP contribution in [-0.4, -0.2) is 19.4 Å². The first kappa shape index (κ1) is 10.8. The lowest BCUT2D eigenvalue weighted by atomic mass is 10.1. The van der Waals surface area contributed by atoms with E-state index < -0.39 is 17.4 Å². The number of benzene rings is 1. The zero-order valence-electron chi connectivity index (χ0n) is 8.03. The molecule has 2 nitrogen and oxygen atoms in total. The molecule has 0 fully saturated rings. The van der Waals surface area contributed by atoms with Crippen LogP contribution >= 0.6 is 0 Å². The first-order valence-electron chi connectivity index (χ1n) is 4.20. The average molecular weight is 199 g/mol. The highest BCUT2D eigenvalue weighted by atomic mass is 19.2. The maximum Gasteiger partial charge on any atom is 0.179 e. The van der Waals surface area contributed by atoms with Crippen LogP contribution < -0.4 is 5.32 Å². The molecule has 1 aromatic carbocycles. The summed E-state index contributed by atoms with van der Waals surface area (Å²) in [4.78, 5) is 11.3. The van der Waals surface area contributed by atoms with Crippen molar-refractivity contribution < 1.29 is 13.6 Å². The Morgan fingerprint density at radius 2 is 2.00 bits per heavy atom. The summed E-state index contributed by atoms with van der Waals surface area (Å²) in [5, 5.41) is 2.59. The molecule has 1 rings (SSSR count). The Kier molecular flexibility index (Phi) is 3.30. The van der Waals surface area contributed by atoms with E-state index in [1.54, 1.807) is 7.05 Å². The number of hydrogen-bond donors (Lipinski definition) is 1. The summed E-state index contributed by atoms with van der Waals surface area (Å²) >= 11 is 0. The van der Waals surface area contributed by atoms with E-state index in [0.29, 0.717) is 0 Å². The molecule has 0 atom stereocenters. The van der Waals surface area contributed by atoms with E-state index in [4.69, 9.17) is 0 Å². The van der Waals surface area contributed by atoms with Crippen molar-refractivity contribution in [1.82, 2.24) is 5.32 Å². The first-order chi connectivity index (χ1) is 6.57. The number of nitrogens with one attached hydrogen (secondary N) is 1. The van der Waals surface area contributed by atoms with Crippen LogP contribution in [0.25, 0.3) is 0 Å². The molecule has 0 radical (unpaired) electrons. The van der Waals surface area contributed by atoms with Crippen molar-refractivity contribution in [3.05, 3.63) is 34.9 Å². The van der Waals surface area contributed by atoms with E-state index in [0.717, 1.165) is 0 Å².